The van der Waals surface area contributed by atoms with Crippen LogP contribution in [0.5, 0.6) is 5.75 Å². The van der Waals surface area contributed by atoms with Crippen molar-refractivity contribution in [1.82, 2.24) is 20.1 Å². The molecule has 10 heteroatoms. The Kier molecular flexibility index (Phi) is 7.32. The number of methoxy groups -OCH3 is 1. The Labute approximate surface area is 215 Å². The largest absolute Gasteiger partial charge is 0.490 e. The van der Waals surface area contributed by atoms with E-state index in [1.807, 2.05) is 12.1 Å². The number of carbonyl (C=O) groups is 2. The first-order valence-electron chi connectivity index (χ1n) is 12.3. The Bertz CT molecular complexity index is 1110. The SMILES string of the molecule is CO[C@H]1CN(Cc2cnc(C(=O)NCc3ccc(Cl)cc3)cc2O[C@H]2CCN3C(=O)OC[C@@H]3C2)[C@@H]1C. The zero-order valence-electron chi connectivity index (χ0n) is 20.5. The molecule has 0 unspecified atom stereocenters. The van der Waals surface area contributed by atoms with Gasteiger partial charge >= 0.3 is 6.09 Å². The molecular formula is C26H31ClN4O5. The minimum atomic E-state index is -0.275. The van der Waals surface area contributed by atoms with Crippen LogP contribution in [0.2, 0.25) is 5.02 Å². The number of ether oxygens (including phenoxy) is 3. The van der Waals surface area contributed by atoms with E-state index in [0.717, 1.165) is 17.7 Å². The first kappa shape index (κ1) is 24.8. The molecule has 2 amide bonds. The van der Waals surface area contributed by atoms with Gasteiger partial charge < -0.3 is 24.4 Å². The summed E-state index contributed by atoms with van der Waals surface area (Å²) in [5.41, 5.74) is 2.16. The van der Waals surface area contributed by atoms with Gasteiger partial charge in [0.05, 0.1) is 12.1 Å². The van der Waals surface area contributed by atoms with Crippen molar-refractivity contribution in [3.05, 3.63) is 58.4 Å². The highest BCUT2D eigenvalue weighted by atomic mass is 35.5. The normalized spacial score (nSPS) is 25.6. The van der Waals surface area contributed by atoms with Crippen LogP contribution in [0, 0.1) is 0 Å². The number of amides is 2. The number of cyclic esters (lactones) is 1. The summed E-state index contributed by atoms with van der Waals surface area (Å²) in [7, 11) is 1.73. The third-order valence-electron chi connectivity index (χ3n) is 7.34. The summed E-state index contributed by atoms with van der Waals surface area (Å²) in [5, 5.41) is 3.57. The Balaban J connectivity index is 1.30. The topological polar surface area (TPSA) is 93.2 Å². The molecule has 2 aromatic rings. The molecule has 3 aliphatic heterocycles. The quantitative estimate of drug-likeness (QED) is 0.578. The number of nitrogens with one attached hydrogen (secondary N) is 1. The van der Waals surface area contributed by atoms with Crippen LogP contribution in [0.15, 0.2) is 36.5 Å². The first-order chi connectivity index (χ1) is 17.4. The molecule has 192 valence electrons. The molecule has 3 saturated heterocycles. The second-order valence-electron chi connectivity index (χ2n) is 9.62. The summed E-state index contributed by atoms with van der Waals surface area (Å²) in [6, 6.07) is 9.38. The molecular weight excluding hydrogens is 484 g/mol. The van der Waals surface area contributed by atoms with E-state index < -0.39 is 0 Å². The number of benzene rings is 1. The fourth-order valence-electron chi connectivity index (χ4n) is 4.99. The van der Waals surface area contributed by atoms with Crippen LogP contribution in [0.25, 0.3) is 0 Å². The highest BCUT2D eigenvalue weighted by Crippen LogP contribution is 2.31. The molecule has 1 aromatic carbocycles. The maximum absolute atomic E-state index is 12.9. The van der Waals surface area contributed by atoms with Crippen LogP contribution in [-0.4, -0.2) is 77.9 Å². The second-order valence-corrected chi connectivity index (χ2v) is 10.1. The number of aromatic nitrogens is 1. The van der Waals surface area contributed by atoms with Gasteiger partial charge in [-0.3, -0.25) is 14.7 Å². The number of pyridine rings is 1. The van der Waals surface area contributed by atoms with Gasteiger partial charge in [0.15, 0.2) is 0 Å². The molecule has 0 saturated carbocycles. The van der Waals surface area contributed by atoms with Crippen molar-refractivity contribution in [3.8, 4) is 5.75 Å². The minimum absolute atomic E-state index is 0.0292. The smallest absolute Gasteiger partial charge is 0.410 e. The maximum atomic E-state index is 12.9. The maximum Gasteiger partial charge on any atom is 0.410 e. The lowest BCUT2D eigenvalue weighted by atomic mass is 9.99. The molecule has 1 N–H and O–H groups in total. The van der Waals surface area contributed by atoms with E-state index in [-0.39, 0.29) is 36.3 Å². The van der Waals surface area contributed by atoms with E-state index in [2.05, 4.69) is 22.1 Å². The number of fused-ring (bicyclic) bond motifs is 1. The number of carbonyl (C=O) groups excluding carboxylic acids is 2. The lowest BCUT2D eigenvalue weighted by Gasteiger charge is -2.45. The predicted molar refractivity (Wildman–Crippen MR) is 133 cm³/mol. The lowest BCUT2D eigenvalue weighted by molar-refractivity contribution is -0.0814. The van der Waals surface area contributed by atoms with Crippen LogP contribution in [0.3, 0.4) is 0 Å². The monoisotopic (exact) mass is 514 g/mol. The van der Waals surface area contributed by atoms with E-state index in [0.29, 0.717) is 55.5 Å². The molecule has 0 aliphatic carbocycles. The van der Waals surface area contributed by atoms with Gasteiger partial charge in [0.2, 0.25) is 0 Å². The summed E-state index contributed by atoms with van der Waals surface area (Å²) in [4.78, 5) is 33.3. The summed E-state index contributed by atoms with van der Waals surface area (Å²) in [5.74, 6) is 0.376. The average Bonchev–Trinajstić information content (AvgIpc) is 3.25. The fourth-order valence-corrected chi connectivity index (χ4v) is 5.11. The molecule has 1 aromatic heterocycles. The Morgan fingerprint density at radius 1 is 1.31 bits per heavy atom. The third kappa shape index (κ3) is 5.28. The van der Waals surface area contributed by atoms with E-state index in [9.17, 15) is 9.59 Å². The molecule has 5 rings (SSSR count). The summed E-state index contributed by atoms with van der Waals surface area (Å²) in [6.45, 7) is 4.98. The van der Waals surface area contributed by atoms with Crippen LogP contribution in [-0.2, 0) is 22.6 Å². The molecule has 0 bridgehead atoms. The van der Waals surface area contributed by atoms with Gasteiger partial charge in [0.25, 0.3) is 5.91 Å². The van der Waals surface area contributed by atoms with E-state index in [1.165, 1.54) is 0 Å². The first-order valence-corrected chi connectivity index (χ1v) is 12.7. The van der Waals surface area contributed by atoms with E-state index in [1.54, 1.807) is 36.4 Å². The number of hydrogen-bond donors (Lipinski definition) is 1. The van der Waals surface area contributed by atoms with Crippen molar-refractivity contribution >= 4 is 23.6 Å². The number of likely N-dealkylation sites (tertiary alicyclic amines) is 1. The summed E-state index contributed by atoms with van der Waals surface area (Å²) >= 11 is 5.95. The third-order valence-corrected chi connectivity index (χ3v) is 7.59. The fraction of sp³-hybridized carbons (Fsp3) is 0.500. The highest BCUT2D eigenvalue weighted by Gasteiger charge is 2.39. The van der Waals surface area contributed by atoms with Crippen molar-refractivity contribution in [3.63, 3.8) is 0 Å². The molecule has 36 heavy (non-hydrogen) atoms. The van der Waals surface area contributed by atoms with Crippen molar-refractivity contribution < 1.29 is 23.8 Å². The molecule has 0 radical (unpaired) electrons. The van der Waals surface area contributed by atoms with Gasteiger partial charge in [-0.25, -0.2) is 4.79 Å². The molecule has 9 nitrogen and oxygen atoms in total. The van der Waals surface area contributed by atoms with Crippen LogP contribution in [0.1, 0.15) is 41.4 Å². The highest BCUT2D eigenvalue weighted by molar-refractivity contribution is 6.30. The Morgan fingerprint density at radius 3 is 2.86 bits per heavy atom. The predicted octanol–water partition coefficient (Wildman–Crippen LogP) is 3.25. The van der Waals surface area contributed by atoms with Gasteiger partial charge in [-0.05, 0) is 24.6 Å². The summed E-state index contributed by atoms with van der Waals surface area (Å²) in [6.07, 6.45) is 3.02. The Morgan fingerprint density at radius 2 is 2.11 bits per heavy atom. The molecule has 3 aliphatic rings. The average molecular weight is 515 g/mol. The minimum Gasteiger partial charge on any atom is -0.490 e. The zero-order valence-corrected chi connectivity index (χ0v) is 21.2. The van der Waals surface area contributed by atoms with Crippen LogP contribution >= 0.6 is 11.6 Å². The molecule has 4 heterocycles. The molecule has 0 spiro atoms. The van der Waals surface area contributed by atoms with Crippen LogP contribution in [0.4, 0.5) is 4.79 Å². The van der Waals surface area contributed by atoms with Crippen LogP contribution < -0.4 is 10.1 Å². The standard InChI is InChI=1S/C26H31ClN4O5/c1-16-24(34-2)14-30(16)13-18-12-28-22(25(32)29-11-17-3-5-19(27)6-4-17)10-23(18)36-21-7-8-31-20(9-21)15-35-26(31)33/h3-6,10,12,16,20-21,24H,7-9,11,13-15H2,1-2H3,(H,29,32)/t16-,20+,21+,24+/m1/s1. The number of halogens is 1. The van der Waals surface area contributed by atoms with Gasteiger partial charge in [0.1, 0.15) is 24.2 Å². The van der Waals surface area contributed by atoms with Gasteiger partial charge in [-0.2, -0.15) is 0 Å². The number of nitrogens with zero attached hydrogens (tertiary/aromatic N) is 3. The molecule has 4 atom stereocenters. The van der Waals surface area contributed by atoms with Crippen molar-refractivity contribution in [2.24, 2.45) is 0 Å². The van der Waals surface area contributed by atoms with Gasteiger partial charge in [0, 0.05) is 75.0 Å². The number of hydrogen-bond acceptors (Lipinski definition) is 7. The van der Waals surface area contributed by atoms with Crippen molar-refractivity contribution in [2.45, 2.75) is 57.1 Å². The van der Waals surface area contributed by atoms with Gasteiger partial charge in [-0.1, -0.05) is 23.7 Å². The van der Waals surface area contributed by atoms with E-state index >= 15 is 0 Å². The van der Waals surface area contributed by atoms with Crippen molar-refractivity contribution in [2.75, 3.05) is 26.8 Å². The second kappa shape index (κ2) is 10.6. The van der Waals surface area contributed by atoms with E-state index in [4.69, 9.17) is 25.8 Å². The molecule has 3 fully saturated rings. The van der Waals surface area contributed by atoms with Gasteiger partial charge in [-0.15, -0.1) is 0 Å². The van der Waals surface area contributed by atoms with Crippen molar-refractivity contribution in [1.29, 1.82) is 0 Å². The number of rotatable bonds is 8. The number of piperidine rings is 1. The zero-order chi connectivity index (χ0) is 25.2. The summed E-state index contributed by atoms with van der Waals surface area (Å²) < 4.78 is 17.2. The Hall–Kier alpha value is -2.88. The lowest BCUT2D eigenvalue weighted by Crippen LogP contribution is -2.58.